The molecule has 0 amide bonds. The van der Waals surface area contributed by atoms with E-state index in [0.717, 1.165) is 38.2 Å². The number of hydrogen-bond donors (Lipinski definition) is 1. The van der Waals surface area contributed by atoms with Crippen LogP contribution in [-0.4, -0.2) is 39.0 Å². The number of nitrogens with one attached hydrogen (secondary N) is 1. The highest BCUT2D eigenvalue weighted by molar-refractivity contribution is 6.76. The van der Waals surface area contributed by atoms with Gasteiger partial charge in [0.25, 0.3) is 0 Å². The molecule has 2 aliphatic carbocycles. The molecule has 0 aromatic heterocycles. The standard InChI is InChI=1S/C24H33F3N2Si/c1-4-17-16-22-20(18-8-10-19(11-9-18)24(25,26)27)6-5-7-21(22)23(17)30(2,3)29-14-12-28-13-15-29/h5-11,17,21-23,28H,4,12-16H2,1-3H3. The molecule has 4 rings (SSSR count). The summed E-state index contributed by atoms with van der Waals surface area (Å²) in [6.07, 6.45) is 4.72. The van der Waals surface area contributed by atoms with Gasteiger partial charge in [-0.1, -0.05) is 56.8 Å². The van der Waals surface area contributed by atoms with Gasteiger partial charge in [-0.15, -0.1) is 0 Å². The first-order valence-corrected chi connectivity index (χ1v) is 14.3. The predicted octanol–water partition coefficient (Wildman–Crippen LogP) is 5.80. The lowest BCUT2D eigenvalue weighted by molar-refractivity contribution is -0.137. The lowest BCUT2D eigenvalue weighted by Crippen LogP contribution is -2.60. The summed E-state index contributed by atoms with van der Waals surface area (Å²) >= 11 is 0. The fourth-order valence-corrected chi connectivity index (χ4v) is 10.9. The number of piperazine rings is 1. The van der Waals surface area contributed by atoms with Gasteiger partial charge >= 0.3 is 6.18 Å². The Hall–Kier alpha value is -1.37. The maximum Gasteiger partial charge on any atom is 0.416 e. The van der Waals surface area contributed by atoms with E-state index in [2.05, 4.69) is 48.1 Å². The third-order valence-corrected chi connectivity index (χ3v) is 12.3. The number of benzene rings is 1. The van der Waals surface area contributed by atoms with Gasteiger partial charge in [-0.25, -0.2) is 0 Å². The molecule has 0 radical (unpaired) electrons. The second kappa shape index (κ2) is 8.28. The minimum Gasteiger partial charge on any atom is -0.321 e. The van der Waals surface area contributed by atoms with Crippen LogP contribution in [0.15, 0.2) is 42.5 Å². The molecule has 1 aromatic rings. The van der Waals surface area contributed by atoms with E-state index in [9.17, 15) is 13.2 Å². The Morgan fingerprint density at radius 1 is 1.10 bits per heavy atom. The van der Waals surface area contributed by atoms with Crippen LogP contribution in [0.25, 0.3) is 5.57 Å². The molecule has 0 spiro atoms. The van der Waals surface area contributed by atoms with Gasteiger partial charge in [0.05, 0.1) is 5.56 Å². The smallest absolute Gasteiger partial charge is 0.321 e. The average Bonchev–Trinajstić information content (AvgIpc) is 3.13. The molecule has 1 aliphatic heterocycles. The highest BCUT2D eigenvalue weighted by Crippen LogP contribution is 2.58. The molecule has 1 saturated carbocycles. The molecule has 0 bridgehead atoms. The summed E-state index contributed by atoms with van der Waals surface area (Å²) in [4.78, 5) is 0. The Morgan fingerprint density at radius 2 is 1.77 bits per heavy atom. The quantitative estimate of drug-likeness (QED) is 0.603. The van der Waals surface area contributed by atoms with Crippen molar-refractivity contribution in [1.82, 2.24) is 9.88 Å². The number of alkyl halides is 3. The first-order valence-electron chi connectivity index (χ1n) is 11.2. The van der Waals surface area contributed by atoms with Crippen LogP contribution >= 0.6 is 0 Å². The second-order valence-electron chi connectivity index (χ2n) is 9.59. The number of halogens is 3. The maximum atomic E-state index is 13.0. The fourth-order valence-electron chi connectivity index (χ4n) is 6.28. The van der Waals surface area contributed by atoms with E-state index < -0.39 is 20.0 Å². The minimum atomic E-state index is -4.29. The molecule has 164 valence electrons. The number of fused-ring (bicyclic) bond motifs is 1. The molecule has 4 atom stereocenters. The number of hydrogen-bond acceptors (Lipinski definition) is 2. The van der Waals surface area contributed by atoms with E-state index >= 15 is 0 Å². The normalized spacial score (nSPS) is 30.3. The summed E-state index contributed by atoms with van der Waals surface area (Å²) in [6.45, 7) is 11.8. The van der Waals surface area contributed by atoms with Gasteiger partial charge in [0.1, 0.15) is 8.24 Å². The van der Waals surface area contributed by atoms with Gasteiger partial charge in [-0.2, -0.15) is 13.2 Å². The van der Waals surface area contributed by atoms with E-state index in [1.54, 1.807) is 12.1 Å². The van der Waals surface area contributed by atoms with E-state index in [0.29, 0.717) is 23.3 Å². The third kappa shape index (κ3) is 3.94. The van der Waals surface area contributed by atoms with Crippen molar-refractivity contribution in [3.05, 3.63) is 53.6 Å². The minimum absolute atomic E-state index is 0.413. The van der Waals surface area contributed by atoms with Crippen LogP contribution in [0.4, 0.5) is 13.2 Å². The Kier molecular flexibility index (Phi) is 6.03. The summed E-state index contributed by atoms with van der Waals surface area (Å²) in [5.74, 6) is 1.59. The number of rotatable bonds is 4. The zero-order chi connectivity index (χ0) is 21.5. The van der Waals surface area contributed by atoms with Crippen molar-refractivity contribution in [3.63, 3.8) is 0 Å². The Balaban J connectivity index is 1.62. The van der Waals surface area contributed by atoms with Crippen molar-refractivity contribution in [1.29, 1.82) is 0 Å². The van der Waals surface area contributed by atoms with E-state index in [4.69, 9.17) is 0 Å². The Morgan fingerprint density at radius 3 is 2.37 bits per heavy atom. The van der Waals surface area contributed by atoms with Crippen molar-refractivity contribution < 1.29 is 13.2 Å². The molecule has 1 aromatic carbocycles. The van der Waals surface area contributed by atoms with Gasteiger partial charge in [-0.3, -0.25) is 0 Å². The number of allylic oxidation sites excluding steroid dienone is 4. The van der Waals surface area contributed by atoms with E-state index in [-0.39, 0.29) is 0 Å². The van der Waals surface area contributed by atoms with Crippen LogP contribution in [0.2, 0.25) is 18.6 Å². The van der Waals surface area contributed by atoms with E-state index in [1.165, 1.54) is 24.1 Å². The summed E-state index contributed by atoms with van der Waals surface area (Å²) in [7, 11) is -1.66. The predicted molar refractivity (Wildman–Crippen MR) is 120 cm³/mol. The highest BCUT2D eigenvalue weighted by Gasteiger charge is 2.52. The van der Waals surface area contributed by atoms with Crippen LogP contribution in [0.1, 0.15) is 30.9 Å². The molecular formula is C24H33F3N2Si. The molecule has 1 saturated heterocycles. The fraction of sp³-hybridized carbons (Fsp3) is 0.583. The van der Waals surface area contributed by atoms with Crippen molar-refractivity contribution in [2.24, 2.45) is 17.8 Å². The Labute approximate surface area is 179 Å². The largest absolute Gasteiger partial charge is 0.416 e. The van der Waals surface area contributed by atoms with Crippen molar-refractivity contribution >= 4 is 13.8 Å². The first kappa shape index (κ1) is 21.8. The van der Waals surface area contributed by atoms with Crippen LogP contribution in [0.3, 0.4) is 0 Å². The Bertz CT molecular complexity index is 807. The molecule has 30 heavy (non-hydrogen) atoms. The second-order valence-corrected chi connectivity index (χ2v) is 14.2. The van der Waals surface area contributed by atoms with Crippen LogP contribution in [-0.2, 0) is 6.18 Å². The van der Waals surface area contributed by atoms with Crippen LogP contribution < -0.4 is 5.32 Å². The van der Waals surface area contributed by atoms with Gasteiger partial charge in [0, 0.05) is 26.2 Å². The van der Waals surface area contributed by atoms with Crippen molar-refractivity contribution in [2.75, 3.05) is 26.2 Å². The van der Waals surface area contributed by atoms with Crippen molar-refractivity contribution in [2.45, 2.75) is 44.6 Å². The molecule has 2 nitrogen and oxygen atoms in total. The topological polar surface area (TPSA) is 15.3 Å². The molecule has 1 heterocycles. The highest BCUT2D eigenvalue weighted by atomic mass is 28.3. The van der Waals surface area contributed by atoms with Crippen LogP contribution in [0, 0.1) is 17.8 Å². The van der Waals surface area contributed by atoms with Crippen molar-refractivity contribution in [3.8, 4) is 0 Å². The summed E-state index contributed by atoms with van der Waals surface area (Å²) < 4.78 is 41.8. The molecule has 6 heteroatoms. The van der Waals surface area contributed by atoms with Gasteiger partial charge < -0.3 is 9.88 Å². The maximum absolute atomic E-state index is 13.0. The monoisotopic (exact) mass is 434 g/mol. The average molecular weight is 435 g/mol. The zero-order valence-electron chi connectivity index (χ0n) is 18.2. The van der Waals surface area contributed by atoms with Gasteiger partial charge in [0.15, 0.2) is 0 Å². The molecule has 2 fully saturated rings. The first-order chi connectivity index (χ1) is 14.2. The van der Waals surface area contributed by atoms with Crippen LogP contribution in [0.5, 0.6) is 0 Å². The molecule has 4 unspecified atom stereocenters. The summed E-state index contributed by atoms with van der Waals surface area (Å²) in [6, 6.07) is 5.79. The third-order valence-electron chi connectivity index (χ3n) is 7.77. The summed E-state index contributed by atoms with van der Waals surface area (Å²) in [5.41, 5.74) is 2.28. The summed E-state index contributed by atoms with van der Waals surface area (Å²) in [5, 5.41) is 3.48. The van der Waals surface area contributed by atoms with E-state index in [1.807, 2.05) is 0 Å². The number of nitrogens with zero attached hydrogens (tertiary/aromatic N) is 1. The van der Waals surface area contributed by atoms with Gasteiger partial charge in [0.2, 0.25) is 0 Å². The molecule has 1 N–H and O–H groups in total. The SMILES string of the molecule is CCC1CC2C(c3ccc(C(F)(F)F)cc3)=CC=CC2C1[Si](C)(C)N1CCNCC1. The zero-order valence-corrected chi connectivity index (χ0v) is 19.2. The lowest BCUT2D eigenvalue weighted by atomic mass is 9.81. The lowest BCUT2D eigenvalue weighted by Gasteiger charge is -2.47. The van der Waals surface area contributed by atoms with Gasteiger partial charge in [-0.05, 0) is 53.0 Å². The molecule has 3 aliphatic rings. The molecular weight excluding hydrogens is 401 g/mol.